The van der Waals surface area contributed by atoms with Crippen LogP contribution < -0.4 is 0 Å². The van der Waals surface area contributed by atoms with E-state index in [0.29, 0.717) is 11.5 Å². The molecule has 2 aliphatic heterocycles. The predicted octanol–water partition coefficient (Wildman–Crippen LogP) is 1.83. The first-order valence-corrected chi connectivity index (χ1v) is 9.09. The molecule has 19 heavy (non-hydrogen) atoms. The van der Waals surface area contributed by atoms with Gasteiger partial charge in [0.25, 0.3) is 0 Å². The van der Waals surface area contributed by atoms with Crippen molar-refractivity contribution in [3.8, 4) is 0 Å². The summed E-state index contributed by atoms with van der Waals surface area (Å²) >= 11 is 0. The third kappa shape index (κ3) is 2.86. The molecule has 0 bridgehead atoms. The van der Waals surface area contributed by atoms with E-state index < -0.39 is 9.84 Å². The van der Waals surface area contributed by atoms with E-state index >= 15 is 0 Å². The molecule has 2 aliphatic rings. The molecular formula is C14H22N2O2S. The van der Waals surface area contributed by atoms with Gasteiger partial charge in [-0.3, -0.25) is 0 Å². The number of hydrogen-bond donors (Lipinski definition) is 0. The number of sulfone groups is 1. The molecule has 0 N–H and O–H groups in total. The second kappa shape index (κ2) is 4.93. The van der Waals surface area contributed by atoms with Crippen molar-refractivity contribution in [3.63, 3.8) is 0 Å². The summed E-state index contributed by atoms with van der Waals surface area (Å²) in [6.45, 7) is 3.33. The van der Waals surface area contributed by atoms with E-state index in [4.69, 9.17) is 0 Å². The van der Waals surface area contributed by atoms with Gasteiger partial charge in [0.2, 0.25) is 0 Å². The van der Waals surface area contributed by atoms with Gasteiger partial charge in [-0.25, -0.2) is 13.4 Å². The van der Waals surface area contributed by atoms with Crippen LogP contribution in [0, 0.1) is 11.8 Å². The molecule has 2 unspecified atom stereocenters. The Hall–Kier alpha value is -0.840. The maximum Gasteiger partial charge on any atom is 0.150 e. The largest absolute Gasteiger partial charge is 0.332 e. The molecular weight excluding hydrogens is 260 g/mol. The van der Waals surface area contributed by atoms with Gasteiger partial charge in [-0.05, 0) is 37.5 Å². The van der Waals surface area contributed by atoms with Crippen LogP contribution in [0.25, 0.3) is 0 Å². The third-order valence-corrected chi connectivity index (χ3v) is 6.34. The molecule has 0 radical (unpaired) electrons. The lowest BCUT2D eigenvalue weighted by atomic mass is 9.97. The van der Waals surface area contributed by atoms with Crippen molar-refractivity contribution in [1.29, 1.82) is 0 Å². The Kier molecular flexibility index (Phi) is 3.41. The van der Waals surface area contributed by atoms with Crippen LogP contribution in [0.3, 0.4) is 0 Å². The van der Waals surface area contributed by atoms with Gasteiger partial charge in [0, 0.05) is 24.9 Å². The minimum atomic E-state index is -2.80. The summed E-state index contributed by atoms with van der Waals surface area (Å²) in [7, 11) is -2.80. The smallest absolute Gasteiger partial charge is 0.150 e. The molecule has 106 valence electrons. The topological polar surface area (TPSA) is 52.0 Å². The Morgan fingerprint density at radius 3 is 3.05 bits per heavy atom. The molecule has 1 aromatic heterocycles. The average Bonchev–Trinajstić information content (AvgIpc) is 2.70. The molecule has 1 saturated heterocycles. The fraction of sp³-hybridized carbons (Fsp3) is 0.786. The van der Waals surface area contributed by atoms with Crippen LogP contribution in [-0.4, -0.2) is 29.5 Å². The van der Waals surface area contributed by atoms with E-state index in [9.17, 15) is 8.42 Å². The summed E-state index contributed by atoms with van der Waals surface area (Å²) in [6, 6.07) is 0. The second-order valence-electron chi connectivity index (χ2n) is 6.24. The van der Waals surface area contributed by atoms with Gasteiger partial charge >= 0.3 is 0 Å². The van der Waals surface area contributed by atoms with Crippen molar-refractivity contribution in [2.45, 2.75) is 45.6 Å². The first-order chi connectivity index (χ1) is 9.03. The maximum atomic E-state index is 11.7. The molecule has 0 saturated carbocycles. The standard InChI is InChI=1S/C14H22N2O2S/c1-11-4-5-16-13(7-11)9-15-14(16)8-12-3-2-6-19(17,18)10-12/h9,11-12H,2-8,10H2,1H3. The van der Waals surface area contributed by atoms with Crippen molar-refractivity contribution >= 4 is 9.84 Å². The monoisotopic (exact) mass is 282 g/mol. The molecule has 3 heterocycles. The van der Waals surface area contributed by atoms with Gasteiger partial charge in [-0.2, -0.15) is 0 Å². The van der Waals surface area contributed by atoms with Crippen molar-refractivity contribution in [1.82, 2.24) is 9.55 Å². The Morgan fingerprint density at radius 1 is 1.42 bits per heavy atom. The van der Waals surface area contributed by atoms with Crippen molar-refractivity contribution in [2.24, 2.45) is 11.8 Å². The Bertz CT molecular complexity index is 562. The molecule has 1 aromatic rings. The summed E-state index contributed by atoms with van der Waals surface area (Å²) in [5, 5.41) is 0. The SMILES string of the molecule is CC1CCn2c(cnc2CC2CCCS(=O)(=O)C2)C1. The lowest BCUT2D eigenvalue weighted by molar-refractivity contribution is 0.397. The molecule has 0 spiro atoms. The number of rotatable bonds is 2. The second-order valence-corrected chi connectivity index (χ2v) is 8.47. The summed E-state index contributed by atoms with van der Waals surface area (Å²) < 4.78 is 25.7. The summed E-state index contributed by atoms with van der Waals surface area (Å²) in [5.41, 5.74) is 1.33. The lowest BCUT2D eigenvalue weighted by Crippen LogP contribution is -2.28. The van der Waals surface area contributed by atoms with Gasteiger partial charge in [0.1, 0.15) is 5.82 Å². The molecule has 5 heteroatoms. The number of nitrogens with zero attached hydrogens (tertiary/aromatic N) is 2. The fourth-order valence-corrected chi connectivity index (χ4v) is 5.17. The molecule has 0 amide bonds. The zero-order valence-electron chi connectivity index (χ0n) is 11.5. The maximum absolute atomic E-state index is 11.7. The van der Waals surface area contributed by atoms with E-state index in [0.717, 1.165) is 44.0 Å². The van der Waals surface area contributed by atoms with Crippen LogP contribution in [0.5, 0.6) is 0 Å². The zero-order valence-corrected chi connectivity index (χ0v) is 12.3. The van der Waals surface area contributed by atoms with Gasteiger partial charge < -0.3 is 4.57 Å². The number of fused-ring (bicyclic) bond motifs is 1. The van der Waals surface area contributed by atoms with Crippen LogP contribution in [0.2, 0.25) is 0 Å². The molecule has 3 rings (SSSR count). The Balaban J connectivity index is 1.74. The predicted molar refractivity (Wildman–Crippen MR) is 74.8 cm³/mol. The van der Waals surface area contributed by atoms with Crippen molar-refractivity contribution < 1.29 is 8.42 Å². The van der Waals surface area contributed by atoms with Gasteiger partial charge in [0.15, 0.2) is 9.84 Å². The van der Waals surface area contributed by atoms with Gasteiger partial charge in [-0.1, -0.05) is 6.92 Å². The van der Waals surface area contributed by atoms with E-state index in [1.54, 1.807) is 0 Å². The van der Waals surface area contributed by atoms with Crippen molar-refractivity contribution in [3.05, 3.63) is 17.7 Å². The molecule has 4 nitrogen and oxygen atoms in total. The summed E-state index contributed by atoms with van der Waals surface area (Å²) in [5.74, 6) is 2.84. The van der Waals surface area contributed by atoms with Crippen LogP contribution >= 0.6 is 0 Å². The molecule has 2 atom stereocenters. The van der Waals surface area contributed by atoms with Crippen LogP contribution in [0.1, 0.15) is 37.7 Å². The van der Waals surface area contributed by atoms with E-state index in [1.165, 1.54) is 12.1 Å². The Labute approximate surface area is 115 Å². The number of aromatic nitrogens is 2. The fourth-order valence-electron chi connectivity index (χ4n) is 3.40. The highest BCUT2D eigenvalue weighted by Crippen LogP contribution is 2.26. The first kappa shape index (κ1) is 13.2. The van der Waals surface area contributed by atoms with Crippen LogP contribution in [-0.2, 0) is 29.2 Å². The number of imidazole rings is 1. The average molecular weight is 282 g/mol. The van der Waals surface area contributed by atoms with Crippen molar-refractivity contribution in [2.75, 3.05) is 11.5 Å². The Morgan fingerprint density at radius 2 is 2.26 bits per heavy atom. The summed E-state index contributed by atoms with van der Waals surface area (Å²) in [4.78, 5) is 4.54. The van der Waals surface area contributed by atoms with Crippen LogP contribution in [0.4, 0.5) is 0 Å². The van der Waals surface area contributed by atoms with Gasteiger partial charge in [-0.15, -0.1) is 0 Å². The molecule has 1 fully saturated rings. The van der Waals surface area contributed by atoms with E-state index in [2.05, 4.69) is 16.5 Å². The zero-order chi connectivity index (χ0) is 13.5. The van der Waals surface area contributed by atoms with E-state index in [-0.39, 0.29) is 5.92 Å². The van der Waals surface area contributed by atoms with Crippen LogP contribution in [0.15, 0.2) is 6.20 Å². The highest BCUT2D eigenvalue weighted by Gasteiger charge is 2.27. The van der Waals surface area contributed by atoms with E-state index in [1.807, 2.05) is 6.20 Å². The molecule has 0 aromatic carbocycles. The highest BCUT2D eigenvalue weighted by atomic mass is 32.2. The quantitative estimate of drug-likeness (QED) is 0.831. The minimum Gasteiger partial charge on any atom is -0.332 e. The summed E-state index contributed by atoms with van der Waals surface area (Å²) in [6.07, 6.45) is 6.97. The van der Waals surface area contributed by atoms with Gasteiger partial charge in [0.05, 0.1) is 11.5 Å². The lowest BCUT2D eigenvalue weighted by Gasteiger charge is -2.25. The third-order valence-electron chi connectivity index (χ3n) is 4.45. The molecule has 0 aliphatic carbocycles. The normalized spacial score (nSPS) is 29.9. The minimum absolute atomic E-state index is 0.268. The highest BCUT2D eigenvalue weighted by molar-refractivity contribution is 7.91. The first-order valence-electron chi connectivity index (χ1n) is 7.27. The number of hydrogen-bond acceptors (Lipinski definition) is 3.